The van der Waals surface area contributed by atoms with Crippen LogP contribution in [0.4, 0.5) is 0 Å². The lowest BCUT2D eigenvalue weighted by Gasteiger charge is -2.23. The fourth-order valence-electron chi connectivity index (χ4n) is 1.85. The second-order valence-corrected chi connectivity index (χ2v) is 6.62. The number of rotatable bonds is 5. The highest BCUT2D eigenvalue weighted by atomic mass is 32.2. The highest BCUT2D eigenvalue weighted by molar-refractivity contribution is 7.98. The van der Waals surface area contributed by atoms with E-state index in [1.54, 1.807) is 23.1 Å². The van der Waals surface area contributed by atoms with Gasteiger partial charge in [-0.25, -0.2) is 4.98 Å². The summed E-state index contributed by atoms with van der Waals surface area (Å²) in [6.07, 6.45) is 3.10. The van der Waals surface area contributed by atoms with Gasteiger partial charge in [0.1, 0.15) is 5.01 Å². The number of nitrogens with zero attached hydrogens (tertiary/aromatic N) is 1. The molecule has 1 aromatic heterocycles. The Labute approximate surface area is 123 Å². The Hall–Kier alpha value is -0.840. The van der Waals surface area contributed by atoms with E-state index in [-0.39, 0.29) is 5.41 Å². The van der Waals surface area contributed by atoms with Crippen LogP contribution in [0.5, 0.6) is 0 Å². The number of hydrogen-bond donors (Lipinski definition) is 1. The first-order valence-electron chi connectivity index (χ1n) is 6.43. The lowest BCUT2D eigenvalue weighted by Crippen LogP contribution is -2.31. The molecule has 1 unspecified atom stereocenters. The van der Waals surface area contributed by atoms with Crippen molar-refractivity contribution in [3.63, 3.8) is 0 Å². The zero-order valence-corrected chi connectivity index (χ0v) is 13.3. The third-order valence-corrected chi connectivity index (χ3v) is 5.33. The molecule has 0 aliphatic rings. The molecule has 2 N–H and O–H groups in total. The van der Waals surface area contributed by atoms with Gasteiger partial charge in [0, 0.05) is 27.8 Å². The molecular formula is C15H20N2S2. The summed E-state index contributed by atoms with van der Waals surface area (Å²) in [5.74, 6) is 0. The van der Waals surface area contributed by atoms with Crippen LogP contribution in [-0.4, -0.2) is 17.8 Å². The molecule has 2 rings (SSSR count). The van der Waals surface area contributed by atoms with E-state index in [1.165, 1.54) is 10.5 Å². The fourth-order valence-corrected chi connectivity index (χ4v) is 3.24. The summed E-state index contributed by atoms with van der Waals surface area (Å²) in [6, 6.07) is 8.56. The first kappa shape index (κ1) is 14.6. The van der Waals surface area contributed by atoms with E-state index in [0.717, 1.165) is 17.1 Å². The van der Waals surface area contributed by atoms with Crippen LogP contribution in [0.25, 0.3) is 10.6 Å². The molecule has 1 heterocycles. The maximum Gasteiger partial charge on any atom is 0.123 e. The number of thiazole rings is 1. The molecule has 1 aromatic carbocycles. The summed E-state index contributed by atoms with van der Waals surface area (Å²) >= 11 is 3.46. The maximum absolute atomic E-state index is 5.90. The predicted molar refractivity (Wildman–Crippen MR) is 86.0 cm³/mol. The highest BCUT2D eigenvalue weighted by Gasteiger charge is 2.25. The van der Waals surface area contributed by atoms with Crippen molar-refractivity contribution >= 4 is 23.1 Å². The molecule has 0 fully saturated rings. The molecule has 0 aliphatic heterocycles. The largest absolute Gasteiger partial charge is 0.330 e. The van der Waals surface area contributed by atoms with Crippen molar-refractivity contribution in [2.45, 2.75) is 30.6 Å². The van der Waals surface area contributed by atoms with E-state index < -0.39 is 0 Å². The molecule has 1 atom stereocenters. The van der Waals surface area contributed by atoms with Crippen LogP contribution < -0.4 is 5.73 Å². The van der Waals surface area contributed by atoms with Gasteiger partial charge in [0.05, 0.1) is 5.69 Å². The van der Waals surface area contributed by atoms with Crippen LogP contribution in [0, 0.1) is 0 Å². The zero-order valence-electron chi connectivity index (χ0n) is 11.6. The molecular weight excluding hydrogens is 272 g/mol. The Morgan fingerprint density at radius 1 is 1.32 bits per heavy atom. The molecule has 0 saturated carbocycles. The second-order valence-electron chi connectivity index (χ2n) is 4.88. The summed E-state index contributed by atoms with van der Waals surface area (Å²) in [4.78, 5) is 6.06. The molecule has 0 saturated heterocycles. The second kappa shape index (κ2) is 6.07. The number of nitrogens with two attached hydrogens (primary N) is 1. The normalized spacial score (nSPS) is 14.3. The quantitative estimate of drug-likeness (QED) is 0.841. The van der Waals surface area contributed by atoms with E-state index in [2.05, 4.69) is 49.7 Å². The first-order valence-corrected chi connectivity index (χ1v) is 8.54. The number of thioether (sulfide) groups is 1. The summed E-state index contributed by atoms with van der Waals surface area (Å²) in [5.41, 5.74) is 8.19. The van der Waals surface area contributed by atoms with Gasteiger partial charge < -0.3 is 5.73 Å². The van der Waals surface area contributed by atoms with E-state index in [9.17, 15) is 0 Å². The molecule has 0 radical (unpaired) electrons. The van der Waals surface area contributed by atoms with Crippen molar-refractivity contribution in [1.29, 1.82) is 0 Å². The van der Waals surface area contributed by atoms with Gasteiger partial charge >= 0.3 is 0 Å². The summed E-state index contributed by atoms with van der Waals surface area (Å²) in [7, 11) is 0. The molecule has 0 aliphatic carbocycles. The Morgan fingerprint density at radius 3 is 2.53 bits per heavy atom. The Bertz CT molecular complexity index is 527. The average molecular weight is 292 g/mol. The Kier molecular flexibility index (Phi) is 4.66. The molecule has 19 heavy (non-hydrogen) atoms. The van der Waals surface area contributed by atoms with Crippen molar-refractivity contribution in [2.75, 3.05) is 12.8 Å². The van der Waals surface area contributed by atoms with Gasteiger partial charge in [0.25, 0.3) is 0 Å². The van der Waals surface area contributed by atoms with Crippen LogP contribution >= 0.6 is 23.1 Å². The van der Waals surface area contributed by atoms with Crippen LogP contribution in [0.3, 0.4) is 0 Å². The Morgan fingerprint density at radius 2 is 2.00 bits per heavy atom. The fraction of sp³-hybridized carbons (Fsp3) is 0.400. The van der Waals surface area contributed by atoms with E-state index in [0.29, 0.717) is 6.54 Å². The third-order valence-electron chi connectivity index (χ3n) is 3.69. The van der Waals surface area contributed by atoms with Crippen LogP contribution in [-0.2, 0) is 5.41 Å². The van der Waals surface area contributed by atoms with Crippen molar-refractivity contribution in [3.8, 4) is 10.6 Å². The van der Waals surface area contributed by atoms with Crippen molar-refractivity contribution < 1.29 is 0 Å². The van der Waals surface area contributed by atoms with Crippen LogP contribution in [0.15, 0.2) is 34.5 Å². The lowest BCUT2D eigenvalue weighted by atomic mass is 9.85. The predicted octanol–water partition coefficient (Wildman–Crippen LogP) is 4.16. The summed E-state index contributed by atoms with van der Waals surface area (Å²) in [5, 5.41) is 3.23. The van der Waals surface area contributed by atoms with Gasteiger partial charge in [-0.15, -0.1) is 23.1 Å². The van der Waals surface area contributed by atoms with E-state index in [1.807, 2.05) is 0 Å². The minimum absolute atomic E-state index is 0.00599. The van der Waals surface area contributed by atoms with Crippen LogP contribution in [0.2, 0.25) is 0 Å². The minimum atomic E-state index is -0.00599. The standard InChI is InChI=1S/C15H20N2S2/c1-4-15(2,10-16)13-9-19-14(17-13)11-5-7-12(18-3)8-6-11/h5-9H,4,10,16H2,1-3H3. The number of hydrogen-bond acceptors (Lipinski definition) is 4. The monoisotopic (exact) mass is 292 g/mol. The lowest BCUT2D eigenvalue weighted by molar-refractivity contribution is 0.456. The first-order chi connectivity index (χ1) is 9.12. The van der Waals surface area contributed by atoms with Crippen molar-refractivity contribution in [1.82, 2.24) is 4.98 Å². The number of aromatic nitrogens is 1. The molecule has 0 bridgehead atoms. The van der Waals surface area contributed by atoms with Gasteiger partial charge in [-0.1, -0.05) is 26.0 Å². The molecule has 2 nitrogen and oxygen atoms in total. The smallest absolute Gasteiger partial charge is 0.123 e. The molecule has 4 heteroatoms. The van der Waals surface area contributed by atoms with Crippen LogP contribution in [0.1, 0.15) is 26.0 Å². The van der Waals surface area contributed by atoms with Crippen molar-refractivity contribution in [2.24, 2.45) is 5.73 Å². The topological polar surface area (TPSA) is 38.9 Å². The molecule has 2 aromatic rings. The SMILES string of the molecule is CCC(C)(CN)c1csc(-c2ccc(SC)cc2)n1. The van der Waals surface area contributed by atoms with Gasteiger partial charge in [0.2, 0.25) is 0 Å². The summed E-state index contributed by atoms with van der Waals surface area (Å²) in [6.45, 7) is 4.99. The van der Waals surface area contributed by atoms with Crippen molar-refractivity contribution in [3.05, 3.63) is 35.3 Å². The zero-order chi connectivity index (χ0) is 13.9. The van der Waals surface area contributed by atoms with Gasteiger partial charge in [-0.3, -0.25) is 0 Å². The average Bonchev–Trinajstić information content (AvgIpc) is 2.97. The highest BCUT2D eigenvalue weighted by Crippen LogP contribution is 2.32. The minimum Gasteiger partial charge on any atom is -0.330 e. The van der Waals surface area contributed by atoms with Gasteiger partial charge in [0.15, 0.2) is 0 Å². The molecule has 0 spiro atoms. The number of benzene rings is 1. The molecule has 102 valence electrons. The van der Waals surface area contributed by atoms with Gasteiger partial charge in [-0.05, 0) is 24.8 Å². The van der Waals surface area contributed by atoms with Gasteiger partial charge in [-0.2, -0.15) is 0 Å². The van der Waals surface area contributed by atoms with E-state index >= 15 is 0 Å². The summed E-state index contributed by atoms with van der Waals surface area (Å²) < 4.78 is 0. The van der Waals surface area contributed by atoms with E-state index in [4.69, 9.17) is 10.7 Å². The Balaban J connectivity index is 2.29. The third kappa shape index (κ3) is 3.02. The molecule has 0 amide bonds. The maximum atomic E-state index is 5.90.